The van der Waals surface area contributed by atoms with Gasteiger partial charge in [0.2, 0.25) is 0 Å². The molecule has 0 radical (unpaired) electrons. The van der Waals surface area contributed by atoms with Crippen LogP contribution in [0.1, 0.15) is 28.0 Å². The number of anilines is 1. The number of esters is 1. The molecule has 1 fully saturated rings. The van der Waals surface area contributed by atoms with Gasteiger partial charge in [0.15, 0.2) is 0 Å². The van der Waals surface area contributed by atoms with E-state index in [0.29, 0.717) is 18.8 Å². The summed E-state index contributed by atoms with van der Waals surface area (Å²) in [7, 11) is 1.42. The Morgan fingerprint density at radius 2 is 2.16 bits per heavy atom. The zero-order valence-electron chi connectivity index (χ0n) is 11.1. The molecule has 0 spiro atoms. The number of aromatic nitrogens is 1. The van der Waals surface area contributed by atoms with Crippen LogP contribution in [0.25, 0.3) is 0 Å². The number of hydrogen-bond donors (Lipinski definition) is 0. The van der Waals surface area contributed by atoms with E-state index >= 15 is 0 Å². The van der Waals surface area contributed by atoms with Crippen LogP contribution in [0, 0.1) is 0 Å². The molecule has 1 saturated heterocycles. The maximum atomic E-state index is 12.0. The lowest BCUT2D eigenvalue weighted by Gasteiger charge is -2.29. The molecule has 1 aromatic heterocycles. The highest BCUT2D eigenvalue weighted by molar-refractivity contribution is 5.95. The first-order valence-corrected chi connectivity index (χ1v) is 6.73. The number of rotatable bonds is 2. The lowest BCUT2D eigenvalue weighted by atomic mass is 10.1. The maximum Gasteiger partial charge on any atom is 0.341 e. The standard InChI is InChI=1S/C14H18N2O3/c1-18-14(17)11-9-10-3-2-4-12(10)15-13(11)16-5-7-19-8-6-16/h9H,2-8H2,1H3. The van der Waals surface area contributed by atoms with Gasteiger partial charge < -0.3 is 14.4 Å². The van der Waals surface area contributed by atoms with Gasteiger partial charge in [-0.15, -0.1) is 0 Å². The summed E-state index contributed by atoms with van der Waals surface area (Å²) in [5.41, 5.74) is 2.91. The number of carbonyl (C=O) groups is 1. The predicted molar refractivity (Wildman–Crippen MR) is 70.6 cm³/mol. The SMILES string of the molecule is COC(=O)c1cc2c(nc1N1CCOCC1)CCC2. The quantitative estimate of drug-likeness (QED) is 0.749. The summed E-state index contributed by atoms with van der Waals surface area (Å²) >= 11 is 0. The second-order valence-corrected chi connectivity index (χ2v) is 4.91. The predicted octanol–water partition coefficient (Wildman–Crippen LogP) is 1.19. The van der Waals surface area contributed by atoms with E-state index in [2.05, 4.69) is 4.90 Å². The Bertz CT molecular complexity index is 496. The van der Waals surface area contributed by atoms with Crippen molar-refractivity contribution in [2.75, 3.05) is 38.3 Å². The molecule has 1 aliphatic carbocycles. The van der Waals surface area contributed by atoms with E-state index in [0.717, 1.165) is 43.9 Å². The Hall–Kier alpha value is -1.62. The fourth-order valence-corrected chi connectivity index (χ4v) is 2.74. The number of methoxy groups -OCH3 is 1. The fourth-order valence-electron chi connectivity index (χ4n) is 2.74. The van der Waals surface area contributed by atoms with E-state index in [4.69, 9.17) is 14.5 Å². The van der Waals surface area contributed by atoms with Crippen molar-refractivity contribution in [2.45, 2.75) is 19.3 Å². The summed E-state index contributed by atoms with van der Waals surface area (Å²) in [6, 6.07) is 1.96. The Morgan fingerprint density at radius 3 is 2.89 bits per heavy atom. The number of morpholine rings is 1. The monoisotopic (exact) mass is 262 g/mol. The van der Waals surface area contributed by atoms with Crippen molar-refractivity contribution in [3.8, 4) is 0 Å². The third kappa shape index (κ3) is 2.30. The lowest BCUT2D eigenvalue weighted by Crippen LogP contribution is -2.38. The molecule has 0 unspecified atom stereocenters. The molecule has 2 aliphatic rings. The van der Waals surface area contributed by atoms with Gasteiger partial charge in [-0.25, -0.2) is 9.78 Å². The number of hydrogen-bond acceptors (Lipinski definition) is 5. The average Bonchev–Trinajstić information content (AvgIpc) is 2.93. The molecule has 1 aliphatic heterocycles. The maximum absolute atomic E-state index is 12.0. The second-order valence-electron chi connectivity index (χ2n) is 4.91. The number of aryl methyl sites for hydroxylation is 2. The average molecular weight is 262 g/mol. The van der Waals surface area contributed by atoms with E-state index < -0.39 is 0 Å². The third-order valence-electron chi connectivity index (χ3n) is 3.75. The summed E-state index contributed by atoms with van der Waals surface area (Å²) < 4.78 is 10.2. The highest BCUT2D eigenvalue weighted by atomic mass is 16.5. The summed E-state index contributed by atoms with van der Waals surface area (Å²) in [6.45, 7) is 2.91. The van der Waals surface area contributed by atoms with Gasteiger partial charge in [0.05, 0.1) is 20.3 Å². The second kappa shape index (κ2) is 5.17. The van der Waals surface area contributed by atoms with Crippen LogP contribution in [0.2, 0.25) is 0 Å². The first-order chi connectivity index (χ1) is 9.29. The number of ether oxygens (including phenoxy) is 2. The summed E-state index contributed by atoms with van der Waals surface area (Å²) in [5.74, 6) is 0.458. The molecular formula is C14H18N2O3. The van der Waals surface area contributed by atoms with Crippen LogP contribution >= 0.6 is 0 Å². The number of pyridine rings is 1. The van der Waals surface area contributed by atoms with Crippen LogP contribution in [0.5, 0.6) is 0 Å². The van der Waals surface area contributed by atoms with Gasteiger partial charge >= 0.3 is 5.97 Å². The molecule has 1 aromatic rings. The number of carbonyl (C=O) groups excluding carboxylic acids is 1. The van der Waals surface area contributed by atoms with Crippen LogP contribution in [0.3, 0.4) is 0 Å². The molecule has 0 bridgehead atoms. The molecule has 5 nitrogen and oxygen atoms in total. The van der Waals surface area contributed by atoms with Gasteiger partial charge in [0.25, 0.3) is 0 Å². The molecule has 0 atom stereocenters. The molecule has 2 heterocycles. The van der Waals surface area contributed by atoms with E-state index in [1.807, 2.05) is 6.07 Å². The van der Waals surface area contributed by atoms with Gasteiger partial charge in [-0.2, -0.15) is 0 Å². The first kappa shape index (κ1) is 12.4. The van der Waals surface area contributed by atoms with Crippen LogP contribution in [0.4, 0.5) is 5.82 Å². The van der Waals surface area contributed by atoms with Gasteiger partial charge in [-0.3, -0.25) is 0 Å². The third-order valence-corrected chi connectivity index (χ3v) is 3.75. The first-order valence-electron chi connectivity index (χ1n) is 6.73. The number of nitrogens with zero attached hydrogens (tertiary/aromatic N) is 2. The van der Waals surface area contributed by atoms with Crippen molar-refractivity contribution in [3.63, 3.8) is 0 Å². The van der Waals surface area contributed by atoms with Gasteiger partial charge in [-0.05, 0) is 30.9 Å². The van der Waals surface area contributed by atoms with E-state index in [1.54, 1.807) is 0 Å². The largest absolute Gasteiger partial charge is 0.465 e. The molecule has 0 amide bonds. The molecule has 102 valence electrons. The molecular weight excluding hydrogens is 244 g/mol. The Morgan fingerprint density at radius 1 is 1.37 bits per heavy atom. The summed E-state index contributed by atoms with van der Waals surface area (Å²) in [4.78, 5) is 18.8. The molecule has 0 saturated carbocycles. The molecule has 0 aromatic carbocycles. The number of fused-ring (bicyclic) bond motifs is 1. The Kier molecular flexibility index (Phi) is 3.38. The van der Waals surface area contributed by atoms with Crippen molar-refractivity contribution in [1.29, 1.82) is 0 Å². The minimum absolute atomic E-state index is 0.302. The summed E-state index contributed by atoms with van der Waals surface area (Å²) in [5, 5.41) is 0. The lowest BCUT2D eigenvalue weighted by molar-refractivity contribution is 0.0599. The smallest absolute Gasteiger partial charge is 0.341 e. The van der Waals surface area contributed by atoms with Crippen molar-refractivity contribution in [3.05, 3.63) is 22.9 Å². The van der Waals surface area contributed by atoms with Gasteiger partial charge in [0, 0.05) is 18.8 Å². The van der Waals surface area contributed by atoms with Gasteiger partial charge in [0.1, 0.15) is 11.4 Å². The Balaban J connectivity index is 2.02. The van der Waals surface area contributed by atoms with Crippen molar-refractivity contribution >= 4 is 11.8 Å². The van der Waals surface area contributed by atoms with Crippen molar-refractivity contribution in [2.24, 2.45) is 0 Å². The van der Waals surface area contributed by atoms with Crippen LogP contribution in [-0.2, 0) is 22.3 Å². The highest BCUT2D eigenvalue weighted by Crippen LogP contribution is 2.28. The van der Waals surface area contributed by atoms with E-state index in [9.17, 15) is 4.79 Å². The normalized spacial score (nSPS) is 18.3. The highest BCUT2D eigenvalue weighted by Gasteiger charge is 2.25. The van der Waals surface area contributed by atoms with Crippen LogP contribution in [-0.4, -0.2) is 44.4 Å². The van der Waals surface area contributed by atoms with Crippen LogP contribution < -0.4 is 4.90 Å². The molecule has 0 N–H and O–H groups in total. The molecule has 19 heavy (non-hydrogen) atoms. The van der Waals surface area contributed by atoms with E-state index in [-0.39, 0.29) is 5.97 Å². The Labute approximate surface area is 112 Å². The van der Waals surface area contributed by atoms with Gasteiger partial charge in [-0.1, -0.05) is 0 Å². The van der Waals surface area contributed by atoms with Crippen LogP contribution in [0.15, 0.2) is 6.07 Å². The minimum Gasteiger partial charge on any atom is -0.465 e. The fraction of sp³-hybridized carbons (Fsp3) is 0.571. The van der Waals surface area contributed by atoms with Crippen molar-refractivity contribution in [1.82, 2.24) is 4.98 Å². The van der Waals surface area contributed by atoms with E-state index in [1.165, 1.54) is 12.7 Å². The zero-order chi connectivity index (χ0) is 13.2. The molecule has 3 rings (SSSR count). The minimum atomic E-state index is -0.302. The zero-order valence-corrected chi connectivity index (χ0v) is 11.1. The van der Waals surface area contributed by atoms with Crippen molar-refractivity contribution < 1.29 is 14.3 Å². The molecule has 5 heteroatoms. The summed E-state index contributed by atoms with van der Waals surface area (Å²) in [6.07, 6.45) is 3.14. The topological polar surface area (TPSA) is 51.7 Å².